The van der Waals surface area contributed by atoms with Crippen molar-refractivity contribution < 1.29 is 9.53 Å². The van der Waals surface area contributed by atoms with Crippen LogP contribution in [0.3, 0.4) is 0 Å². The summed E-state index contributed by atoms with van der Waals surface area (Å²) in [6.45, 7) is 3.86. The molecule has 0 fully saturated rings. The predicted octanol–water partition coefficient (Wildman–Crippen LogP) is 3.29. The molecule has 0 saturated heterocycles. The Morgan fingerprint density at radius 2 is 2.05 bits per heavy atom. The molecule has 22 heavy (non-hydrogen) atoms. The summed E-state index contributed by atoms with van der Waals surface area (Å²) in [5, 5.41) is 4.40. The van der Waals surface area contributed by atoms with Gasteiger partial charge in [-0.05, 0) is 49.7 Å². The largest absolute Gasteiger partial charge is 0.489 e. The second kappa shape index (κ2) is 7.56. The van der Waals surface area contributed by atoms with Gasteiger partial charge < -0.3 is 4.74 Å². The molecular formula is C16H16ClN3O2. The molecule has 1 N–H and O–H groups in total. The summed E-state index contributed by atoms with van der Waals surface area (Å²) >= 11 is 6.13. The molecule has 0 aliphatic carbocycles. The Morgan fingerprint density at radius 1 is 1.32 bits per heavy atom. The number of halogens is 1. The van der Waals surface area contributed by atoms with Crippen LogP contribution in [0.1, 0.15) is 29.8 Å². The van der Waals surface area contributed by atoms with E-state index in [1.165, 1.54) is 6.21 Å². The van der Waals surface area contributed by atoms with Crippen molar-refractivity contribution in [3.05, 3.63) is 58.9 Å². The van der Waals surface area contributed by atoms with Crippen LogP contribution in [0.4, 0.5) is 0 Å². The zero-order chi connectivity index (χ0) is 15.9. The molecule has 2 rings (SSSR count). The van der Waals surface area contributed by atoms with Crippen LogP contribution in [0.2, 0.25) is 5.02 Å². The fourth-order valence-corrected chi connectivity index (χ4v) is 1.91. The summed E-state index contributed by atoms with van der Waals surface area (Å²) in [4.78, 5) is 15.6. The number of ether oxygens (including phenoxy) is 1. The van der Waals surface area contributed by atoms with Crippen molar-refractivity contribution in [2.75, 3.05) is 0 Å². The first-order valence-corrected chi connectivity index (χ1v) is 7.13. The fraction of sp³-hybridized carbons (Fsp3) is 0.188. The highest BCUT2D eigenvalue weighted by molar-refractivity contribution is 6.32. The normalized spacial score (nSPS) is 10.9. The summed E-state index contributed by atoms with van der Waals surface area (Å²) in [5.41, 5.74) is 3.69. The van der Waals surface area contributed by atoms with Crippen molar-refractivity contribution >= 4 is 23.7 Å². The second-order valence-corrected chi connectivity index (χ2v) is 5.20. The maximum absolute atomic E-state index is 11.8. The molecule has 1 amide bonds. The first-order chi connectivity index (χ1) is 10.6. The van der Waals surface area contributed by atoms with Crippen molar-refractivity contribution in [2.24, 2.45) is 5.10 Å². The van der Waals surface area contributed by atoms with Gasteiger partial charge in [0.05, 0.1) is 17.3 Å². The third-order valence-electron chi connectivity index (χ3n) is 2.64. The highest BCUT2D eigenvalue weighted by Gasteiger charge is 2.05. The van der Waals surface area contributed by atoms with Gasteiger partial charge in [0.1, 0.15) is 5.75 Å². The summed E-state index contributed by atoms with van der Waals surface area (Å²) < 4.78 is 5.55. The molecule has 1 aromatic heterocycles. The van der Waals surface area contributed by atoms with Crippen molar-refractivity contribution in [1.29, 1.82) is 0 Å². The third kappa shape index (κ3) is 4.56. The summed E-state index contributed by atoms with van der Waals surface area (Å²) in [6, 6.07) is 8.53. The van der Waals surface area contributed by atoms with Gasteiger partial charge in [0.25, 0.3) is 5.91 Å². The molecule has 2 aromatic rings. The number of carbonyl (C=O) groups excluding carboxylic acids is 1. The minimum atomic E-state index is -0.301. The monoisotopic (exact) mass is 317 g/mol. The van der Waals surface area contributed by atoms with Gasteiger partial charge in [0.2, 0.25) is 0 Å². The Bertz CT molecular complexity index is 672. The van der Waals surface area contributed by atoms with Gasteiger partial charge in [0, 0.05) is 18.0 Å². The Kier molecular flexibility index (Phi) is 5.49. The number of hydrogen-bond acceptors (Lipinski definition) is 4. The number of aromatic nitrogens is 1. The molecule has 6 heteroatoms. The number of benzene rings is 1. The number of hydrogen-bond donors (Lipinski definition) is 1. The zero-order valence-corrected chi connectivity index (χ0v) is 13.0. The van der Waals surface area contributed by atoms with Crippen LogP contribution < -0.4 is 10.2 Å². The van der Waals surface area contributed by atoms with E-state index in [1.54, 1.807) is 36.7 Å². The van der Waals surface area contributed by atoms with Crippen LogP contribution in [-0.4, -0.2) is 23.2 Å². The van der Waals surface area contributed by atoms with Gasteiger partial charge in [-0.3, -0.25) is 9.78 Å². The van der Waals surface area contributed by atoms with E-state index in [1.807, 2.05) is 19.9 Å². The molecule has 5 nitrogen and oxygen atoms in total. The average Bonchev–Trinajstić information content (AvgIpc) is 2.50. The van der Waals surface area contributed by atoms with Crippen LogP contribution in [0, 0.1) is 0 Å². The van der Waals surface area contributed by atoms with Gasteiger partial charge in [-0.15, -0.1) is 0 Å². The molecule has 0 saturated carbocycles. The number of carbonyl (C=O) groups is 1. The maximum Gasteiger partial charge on any atom is 0.271 e. The number of rotatable bonds is 5. The highest BCUT2D eigenvalue weighted by Crippen LogP contribution is 2.25. The lowest BCUT2D eigenvalue weighted by Crippen LogP contribution is -2.17. The minimum absolute atomic E-state index is 0.0525. The van der Waals surface area contributed by atoms with E-state index < -0.39 is 0 Å². The van der Waals surface area contributed by atoms with E-state index in [-0.39, 0.29) is 12.0 Å². The van der Waals surface area contributed by atoms with E-state index in [4.69, 9.17) is 16.3 Å². The lowest BCUT2D eigenvalue weighted by atomic mass is 10.2. The van der Waals surface area contributed by atoms with Crippen LogP contribution in [-0.2, 0) is 0 Å². The molecule has 0 aliphatic heterocycles. The molecule has 0 atom stereocenters. The third-order valence-corrected chi connectivity index (χ3v) is 2.94. The number of hydrazone groups is 1. The highest BCUT2D eigenvalue weighted by atomic mass is 35.5. The first kappa shape index (κ1) is 16.0. The molecule has 114 valence electrons. The van der Waals surface area contributed by atoms with E-state index in [0.29, 0.717) is 16.3 Å². The van der Waals surface area contributed by atoms with Gasteiger partial charge >= 0.3 is 0 Å². The lowest BCUT2D eigenvalue weighted by Gasteiger charge is -2.11. The van der Waals surface area contributed by atoms with Gasteiger partial charge in [0.15, 0.2) is 0 Å². The SMILES string of the molecule is CC(C)Oc1ccc(/C=N\NC(=O)c2ccncc2)cc1Cl. The van der Waals surface area contributed by atoms with E-state index in [0.717, 1.165) is 5.56 Å². The number of pyridine rings is 1. The number of amides is 1. The topological polar surface area (TPSA) is 63.6 Å². The Hall–Kier alpha value is -2.40. The predicted molar refractivity (Wildman–Crippen MR) is 86.5 cm³/mol. The molecule has 0 radical (unpaired) electrons. The number of nitrogens with one attached hydrogen (secondary N) is 1. The van der Waals surface area contributed by atoms with Crippen LogP contribution >= 0.6 is 11.6 Å². The van der Waals surface area contributed by atoms with Crippen LogP contribution in [0.15, 0.2) is 47.8 Å². The van der Waals surface area contributed by atoms with Gasteiger partial charge in [-0.1, -0.05) is 11.6 Å². The molecule has 1 aromatic carbocycles. The Morgan fingerprint density at radius 3 is 2.68 bits per heavy atom. The standard InChI is InChI=1S/C16H16ClN3O2/c1-11(2)22-15-4-3-12(9-14(15)17)10-19-20-16(21)13-5-7-18-8-6-13/h3-11H,1-2H3,(H,20,21)/b19-10-. The molecule has 0 bridgehead atoms. The first-order valence-electron chi connectivity index (χ1n) is 6.76. The smallest absolute Gasteiger partial charge is 0.271 e. The average molecular weight is 318 g/mol. The second-order valence-electron chi connectivity index (χ2n) is 4.79. The molecule has 1 heterocycles. The minimum Gasteiger partial charge on any atom is -0.489 e. The van der Waals surface area contributed by atoms with Gasteiger partial charge in [-0.25, -0.2) is 5.43 Å². The summed E-state index contributed by atoms with van der Waals surface area (Å²) in [7, 11) is 0. The number of nitrogens with zero attached hydrogens (tertiary/aromatic N) is 2. The molecule has 0 unspecified atom stereocenters. The zero-order valence-electron chi connectivity index (χ0n) is 12.3. The summed E-state index contributed by atoms with van der Waals surface area (Å²) in [6.07, 6.45) is 4.67. The molecular weight excluding hydrogens is 302 g/mol. The van der Waals surface area contributed by atoms with Crippen LogP contribution in [0.25, 0.3) is 0 Å². The van der Waals surface area contributed by atoms with Crippen LogP contribution in [0.5, 0.6) is 5.75 Å². The van der Waals surface area contributed by atoms with Gasteiger partial charge in [-0.2, -0.15) is 5.10 Å². The quantitative estimate of drug-likeness (QED) is 0.680. The van der Waals surface area contributed by atoms with E-state index >= 15 is 0 Å². The molecule has 0 aliphatic rings. The van der Waals surface area contributed by atoms with Crippen molar-refractivity contribution in [3.63, 3.8) is 0 Å². The van der Waals surface area contributed by atoms with Crippen molar-refractivity contribution in [3.8, 4) is 5.75 Å². The van der Waals surface area contributed by atoms with E-state index in [9.17, 15) is 4.79 Å². The Labute approximate surface area is 134 Å². The fourth-order valence-electron chi connectivity index (χ4n) is 1.68. The summed E-state index contributed by atoms with van der Waals surface area (Å²) in [5.74, 6) is 0.319. The van der Waals surface area contributed by atoms with Crippen molar-refractivity contribution in [2.45, 2.75) is 20.0 Å². The lowest BCUT2D eigenvalue weighted by molar-refractivity contribution is 0.0955. The maximum atomic E-state index is 11.8. The Balaban J connectivity index is 1.99. The van der Waals surface area contributed by atoms with E-state index in [2.05, 4.69) is 15.5 Å². The van der Waals surface area contributed by atoms with Crippen molar-refractivity contribution in [1.82, 2.24) is 10.4 Å². The molecule has 0 spiro atoms.